The molecule has 1 aromatic carbocycles. The summed E-state index contributed by atoms with van der Waals surface area (Å²) in [5.41, 5.74) is 5.12. The second kappa shape index (κ2) is 5.83. The molecule has 0 aliphatic rings. The summed E-state index contributed by atoms with van der Waals surface area (Å²) in [6.07, 6.45) is 0. The lowest BCUT2D eigenvalue weighted by Gasteiger charge is -2.03. The fraction of sp³-hybridized carbons (Fsp3) is 0.125. The highest BCUT2D eigenvalue weighted by molar-refractivity contribution is 9.10. The van der Waals surface area contributed by atoms with E-state index in [2.05, 4.69) is 15.9 Å². The number of hydrogen-bond acceptors (Lipinski definition) is 2. The third-order valence-electron chi connectivity index (χ3n) is 1.19. The van der Waals surface area contributed by atoms with Gasteiger partial charge in [-0.15, -0.1) is 12.4 Å². The number of benzene rings is 1. The zero-order valence-electron chi connectivity index (χ0n) is 6.79. The molecule has 0 aliphatic heterocycles. The summed E-state index contributed by atoms with van der Waals surface area (Å²) in [5.74, 6) is 0.731. The first-order valence-corrected chi connectivity index (χ1v) is 4.19. The van der Waals surface area contributed by atoms with E-state index < -0.39 is 0 Å². The smallest absolute Gasteiger partial charge is 0.145 e. The third-order valence-corrected chi connectivity index (χ3v) is 1.68. The fourth-order valence-electron chi connectivity index (χ4n) is 0.718. The predicted octanol–water partition coefficient (Wildman–Crippen LogP) is 2.19. The van der Waals surface area contributed by atoms with Crippen LogP contribution in [0.25, 0.3) is 0 Å². The Kier molecular flexibility index (Phi) is 5.50. The van der Waals surface area contributed by atoms with Crippen LogP contribution in [0.3, 0.4) is 0 Å². The van der Waals surface area contributed by atoms with Crippen molar-refractivity contribution in [3.8, 4) is 5.75 Å². The topological polar surface area (TPSA) is 59.1 Å². The minimum absolute atomic E-state index is 0. The van der Waals surface area contributed by atoms with Crippen LogP contribution < -0.4 is 10.5 Å². The molecule has 0 atom stereocenters. The first-order valence-electron chi connectivity index (χ1n) is 3.40. The molecule has 13 heavy (non-hydrogen) atoms. The molecule has 0 saturated carbocycles. The van der Waals surface area contributed by atoms with Crippen molar-refractivity contribution in [2.24, 2.45) is 5.73 Å². The quantitative estimate of drug-likeness (QED) is 0.650. The van der Waals surface area contributed by atoms with E-state index in [1.54, 1.807) is 0 Å². The van der Waals surface area contributed by atoms with Gasteiger partial charge in [0.15, 0.2) is 0 Å². The van der Waals surface area contributed by atoms with E-state index in [1.165, 1.54) is 0 Å². The summed E-state index contributed by atoms with van der Waals surface area (Å²) >= 11 is 3.30. The van der Waals surface area contributed by atoms with E-state index in [1.807, 2.05) is 24.3 Å². The van der Waals surface area contributed by atoms with Crippen molar-refractivity contribution in [1.82, 2.24) is 0 Å². The second-order valence-electron chi connectivity index (χ2n) is 2.27. The maximum Gasteiger partial charge on any atom is 0.145 e. The normalized spacial score (nSPS) is 8.69. The van der Waals surface area contributed by atoms with Crippen molar-refractivity contribution >= 4 is 34.2 Å². The van der Waals surface area contributed by atoms with Crippen molar-refractivity contribution in [3.63, 3.8) is 0 Å². The third kappa shape index (κ3) is 4.75. The number of halogens is 2. The van der Waals surface area contributed by atoms with Gasteiger partial charge in [-0.2, -0.15) is 0 Å². The van der Waals surface area contributed by atoms with E-state index in [0.29, 0.717) is 5.75 Å². The molecular weight excluding hydrogens is 255 g/mol. The van der Waals surface area contributed by atoms with Crippen LogP contribution in [0.2, 0.25) is 0 Å². The molecule has 72 valence electrons. The highest BCUT2D eigenvalue weighted by Gasteiger charge is 1.94. The Labute approximate surface area is 91.3 Å². The second-order valence-corrected chi connectivity index (χ2v) is 3.19. The Morgan fingerprint density at radius 3 is 2.77 bits per heavy atom. The van der Waals surface area contributed by atoms with Crippen LogP contribution in [-0.2, 0) is 0 Å². The van der Waals surface area contributed by atoms with Gasteiger partial charge in [-0.3, -0.25) is 5.41 Å². The fourth-order valence-corrected chi connectivity index (χ4v) is 1.10. The Hall–Kier alpha value is -0.740. The van der Waals surface area contributed by atoms with Gasteiger partial charge in [0.2, 0.25) is 0 Å². The summed E-state index contributed by atoms with van der Waals surface area (Å²) < 4.78 is 6.12. The van der Waals surface area contributed by atoms with Crippen LogP contribution in [0.4, 0.5) is 0 Å². The largest absolute Gasteiger partial charge is 0.486 e. The number of nitrogens with two attached hydrogens (primary N) is 1. The van der Waals surface area contributed by atoms with Crippen molar-refractivity contribution < 1.29 is 4.74 Å². The highest BCUT2D eigenvalue weighted by Crippen LogP contribution is 2.17. The Morgan fingerprint density at radius 2 is 2.23 bits per heavy atom. The molecule has 0 radical (unpaired) electrons. The molecule has 3 N–H and O–H groups in total. The van der Waals surface area contributed by atoms with E-state index in [-0.39, 0.29) is 24.8 Å². The zero-order chi connectivity index (χ0) is 8.97. The van der Waals surface area contributed by atoms with Gasteiger partial charge in [0, 0.05) is 4.47 Å². The summed E-state index contributed by atoms with van der Waals surface area (Å²) in [6, 6.07) is 7.40. The molecule has 1 aromatic rings. The average molecular weight is 266 g/mol. The number of rotatable bonds is 3. The first-order chi connectivity index (χ1) is 5.68. The molecule has 0 amide bonds. The molecule has 0 saturated heterocycles. The molecule has 0 spiro atoms. The molecule has 0 fully saturated rings. The summed E-state index contributed by atoms with van der Waals surface area (Å²) in [6.45, 7) is 0.135. The predicted molar refractivity (Wildman–Crippen MR) is 58.8 cm³/mol. The van der Waals surface area contributed by atoms with Gasteiger partial charge in [0.05, 0.1) is 0 Å². The lowest BCUT2D eigenvalue weighted by molar-refractivity contribution is 0.374. The van der Waals surface area contributed by atoms with Gasteiger partial charge in [-0.1, -0.05) is 22.0 Å². The molecule has 0 aromatic heterocycles. The van der Waals surface area contributed by atoms with Gasteiger partial charge in [0.25, 0.3) is 0 Å². The van der Waals surface area contributed by atoms with Gasteiger partial charge < -0.3 is 10.5 Å². The van der Waals surface area contributed by atoms with Crippen LogP contribution in [-0.4, -0.2) is 12.4 Å². The first kappa shape index (κ1) is 12.3. The minimum atomic E-state index is 0. The summed E-state index contributed by atoms with van der Waals surface area (Å²) in [5, 5.41) is 6.94. The van der Waals surface area contributed by atoms with Crippen molar-refractivity contribution in [2.75, 3.05) is 6.61 Å². The van der Waals surface area contributed by atoms with Crippen molar-refractivity contribution in [1.29, 1.82) is 5.41 Å². The number of amidine groups is 1. The highest BCUT2D eigenvalue weighted by atomic mass is 79.9. The standard InChI is InChI=1S/C8H9BrN2O.ClH/c9-6-2-1-3-7(4-6)12-5-8(10)11;/h1-4H,5H2,(H3,10,11);1H. The SMILES string of the molecule is Cl.N=C(N)COc1cccc(Br)c1. The van der Waals surface area contributed by atoms with Crippen LogP contribution in [0.5, 0.6) is 5.75 Å². The van der Waals surface area contributed by atoms with Crippen LogP contribution in [0, 0.1) is 5.41 Å². The molecule has 0 heterocycles. The Morgan fingerprint density at radius 1 is 1.54 bits per heavy atom. The van der Waals surface area contributed by atoms with E-state index in [4.69, 9.17) is 15.9 Å². The summed E-state index contributed by atoms with van der Waals surface area (Å²) in [7, 11) is 0. The maximum absolute atomic E-state index is 6.94. The Balaban J connectivity index is 0.00000144. The maximum atomic E-state index is 6.94. The monoisotopic (exact) mass is 264 g/mol. The summed E-state index contributed by atoms with van der Waals surface area (Å²) in [4.78, 5) is 0. The van der Waals surface area contributed by atoms with Gasteiger partial charge >= 0.3 is 0 Å². The Bertz CT molecular complexity index is 293. The molecular formula is C8H10BrClN2O. The lowest BCUT2D eigenvalue weighted by atomic mass is 10.3. The molecule has 1 rings (SSSR count). The minimum Gasteiger partial charge on any atom is -0.486 e. The number of nitrogens with one attached hydrogen (secondary N) is 1. The van der Waals surface area contributed by atoms with Gasteiger partial charge in [-0.25, -0.2) is 0 Å². The molecule has 5 heteroatoms. The van der Waals surface area contributed by atoms with Crippen LogP contribution in [0.1, 0.15) is 0 Å². The number of ether oxygens (including phenoxy) is 1. The van der Waals surface area contributed by atoms with Crippen LogP contribution in [0.15, 0.2) is 28.7 Å². The van der Waals surface area contributed by atoms with E-state index >= 15 is 0 Å². The van der Waals surface area contributed by atoms with Gasteiger partial charge in [0.1, 0.15) is 18.2 Å². The number of hydrogen-bond donors (Lipinski definition) is 2. The van der Waals surface area contributed by atoms with Crippen LogP contribution >= 0.6 is 28.3 Å². The van der Waals surface area contributed by atoms with E-state index in [0.717, 1.165) is 4.47 Å². The average Bonchev–Trinajstić information content (AvgIpc) is 2.01. The molecule has 0 bridgehead atoms. The van der Waals surface area contributed by atoms with Crippen molar-refractivity contribution in [3.05, 3.63) is 28.7 Å². The van der Waals surface area contributed by atoms with Gasteiger partial charge in [-0.05, 0) is 18.2 Å². The lowest BCUT2D eigenvalue weighted by Crippen LogP contribution is -2.19. The van der Waals surface area contributed by atoms with E-state index in [9.17, 15) is 0 Å². The molecule has 3 nitrogen and oxygen atoms in total. The van der Waals surface area contributed by atoms with Crippen molar-refractivity contribution in [2.45, 2.75) is 0 Å². The molecule has 0 aliphatic carbocycles. The molecule has 0 unspecified atom stereocenters. The zero-order valence-corrected chi connectivity index (χ0v) is 9.19.